The number of nitriles is 1. The van der Waals surface area contributed by atoms with Crippen LogP contribution in [0.2, 0.25) is 5.02 Å². The highest BCUT2D eigenvalue weighted by atomic mass is 79.9. The zero-order valence-electron chi connectivity index (χ0n) is 8.59. The molecule has 0 saturated heterocycles. The normalized spacial score (nSPS) is 9.62. The van der Waals surface area contributed by atoms with Crippen LogP contribution in [-0.4, -0.2) is 12.6 Å². The van der Waals surface area contributed by atoms with E-state index >= 15 is 0 Å². The van der Waals surface area contributed by atoms with Gasteiger partial charge in [0.05, 0.1) is 29.7 Å². The molecule has 0 fully saturated rings. The monoisotopic (exact) mass is 301 g/mol. The van der Waals surface area contributed by atoms with Gasteiger partial charge in [-0.1, -0.05) is 11.6 Å². The van der Waals surface area contributed by atoms with Crippen molar-refractivity contribution in [2.75, 3.05) is 6.61 Å². The highest BCUT2D eigenvalue weighted by molar-refractivity contribution is 9.10. The second-order valence-electron chi connectivity index (χ2n) is 2.98. The first-order valence-corrected chi connectivity index (χ1v) is 5.79. The Kier molecular flexibility index (Phi) is 4.78. The molecular weight excluding hydrogens is 293 g/mol. The van der Waals surface area contributed by atoms with Gasteiger partial charge in [-0.3, -0.25) is 4.79 Å². The topological polar surface area (TPSA) is 50.1 Å². The molecule has 0 bridgehead atoms. The average Bonchev–Trinajstić information content (AvgIpc) is 2.25. The van der Waals surface area contributed by atoms with Crippen LogP contribution in [0, 0.1) is 11.3 Å². The summed E-state index contributed by atoms with van der Waals surface area (Å²) in [4.78, 5) is 11.3. The molecule has 5 heteroatoms. The van der Waals surface area contributed by atoms with Gasteiger partial charge >= 0.3 is 5.97 Å². The van der Waals surface area contributed by atoms with Gasteiger partial charge in [-0.05, 0) is 35.0 Å². The van der Waals surface area contributed by atoms with Gasteiger partial charge < -0.3 is 4.74 Å². The van der Waals surface area contributed by atoms with Crippen LogP contribution in [-0.2, 0) is 16.0 Å². The lowest BCUT2D eigenvalue weighted by Gasteiger charge is -2.07. The minimum absolute atomic E-state index is 0.00894. The van der Waals surface area contributed by atoms with Crippen LogP contribution < -0.4 is 0 Å². The number of carbonyl (C=O) groups excluding carboxylic acids is 1. The van der Waals surface area contributed by atoms with Gasteiger partial charge in [0, 0.05) is 10.0 Å². The fourth-order valence-corrected chi connectivity index (χ4v) is 1.83. The van der Waals surface area contributed by atoms with Crippen molar-refractivity contribution in [1.29, 1.82) is 5.26 Å². The Hall–Kier alpha value is -1.05. The molecule has 0 aliphatic heterocycles. The fraction of sp³-hybridized carbons (Fsp3) is 0.273. The molecule has 0 atom stereocenters. The number of halogens is 2. The van der Waals surface area contributed by atoms with Crippen molar-refractivity contribution in [3.05, 3.63) is 32.8 Å². The summed E-state index contributed by atoms with van der Waals surface area (Å²) >= 11 is 9.26. The molecular formula is C11H9BrClNO2. The largest absolute Gasteiger partial charge is 0.466 e. The van der Waals surface area contributed by atoms with E-state index in [9.17, 15) is 4.79 Å². The van der Waals surface area contributed by atoms with E-state index in [-0.39, 0.29) is 12.4 Å². The first kappa shape index (κ1) is 13.0. The predicted octanol–water partition coefficient (Wildman–Crippen LogP) is 3.08. The van der Waals surface area contributed by atoms with Gasteiger partial charge in [0.1, 0.15) is 0 Å². The number of ether oxygens (including phenoxy) is 1. The van der Waals surface area contributed by atoms with Crippen LogP contribution in [0.4, 0.5) is 0 Å². The van der Waals surface area contributed by atoms with E-state index in [4.69, 9.17) is 21.6 Å². The first-order chi connectivity index (χ1) is 7.60. The van der Waals surface area contributed by atoms with Gasteiger partial charge in [-0.15, -0.1) is 0 Å². The lowest BCUT2D eigenvalue weighted by Crippen LogP contribution is -2.09. The molecule has 0 aliphatic carbocycles. The van der Waals surface area contributed by atoms with Crippen molar-refractivity contribution in [3.63, 3.8) is 0 Å². The molecule has 16 heavy (non-hydrogen) atoms. The summed E-state index contributed by atoms with van der Waals surface area (Å²) in [6, 6.07) is 5.29. The number of rotatable bonds is 3. The van der Waals surface area contributed by atoms with E-state index in [0.29, 0.717) is 27.2 Å². The van der Waals surface area contributed by atoms with Crippen molar-refractivity contribution in [2.45, 2.75) is 13.3 Å². The van der Waals surface area contributed by atoms with Crippen molar-refractivity contribution >= 4 is 33.5 Å². The lowest BCUT2D eigenvalue weighted by atomic mass is 10.1. The van der Waals surface area contributed by atoms with Gasteiger partial charge in [-0.2, -0.15) is 5.26 Å². The first-order valence-electron chi connectivity index (χ1n) is 4.62. The molecule has 0 amide bonds. The second-order valence-corrected chi connectivity index (χ2v) is 4.21. The third-order valence-corrected chi connectivity index (χ3v) is 3.26. The van der Waals surface area contributed by atoms with E-state index in [0.717, 1.165) is 0 Å². The molecule has 0 N–H and O–H groups in total. The van der Waals surface area contributed by atoms with E-state index < -0.39 is 0 Å². The Balaban J connectivity index is 3.07. The summed E-state index contributed by atoms with van der Waals surface area (Å²) in [7, 11) is 0. The number of hydrogen-bond donors (Lipinski definition) is 0. The summed E-state index contributed by atoms with van der Waals surface area (Å²) in [6.45, 7) is 2.04. The number of esters is 1. The number of nitrogens with zero attached hydrogens (tertiary/aromatic N) is 1. The van der Waals surface area contributed by atoms with Crippen LogP contribution >= 0.6 is 27.5 Å². The maximum Gasteiger partial charge on any atom is 0.310 e. The Morgan fingerprint density at radius 1 is 1.62 bits per heavy atom. The Bertz CT molecular complexity index is 454. The Morgan fingerprint density at radius 2 is 2.31 bits per heavy atom. The quantitative estimate of drug-likeness (QED) is 0.806. The molecule has 1 aromatic carbocycles. The summed E-state index contributed by atoms with van der Waals surface area (Å²) in [6.07, 6.45) is 0.00894. The minimum Gasteiger partial charge on any atom is -0.466 e. The lowest BCUT2D eigenvalue weighted by molar-refractivity contribution is -0.142. The Morgan fingerprint density at radius 3 is 2.88 bits per heavy atom. The Labute approximate surface area is 107 Å². The molecule has 0 saturated carbocycles. The van der Waals surface area contributed by atoms with Crippen molar-refractivity contribution in [2.24, 2.45) is 0 Å². The molecule has 0 aromatic heterocycles. The van der Waals surface area contributed by atoms with Crippen molar-refractivity contribution in [1.82, 2.24) is 0 Å². The van der Waals surface area contributed by atoms with Crippen molar-refractivity contribution < 1.29 is 9.53 Å². The summed E-state index contributed by atoms with van der Waals surface area (Å²) in [5.41, 5.74) is 0.887. The van der Waals surface area contributed by atoms with Gasteiger partial charge in [0.25, 0.3) is 0 Å². The van der Waals surface area contributed by atoms with Gasteiger partial charge in [-0.25, -0.2) is 0 Å². The SMILES string of the molecule is CCOC(=O)Cc1c(C#N)ccc(Br)c1Cl. The van der Waals surface area contributed by atoms with E-state index in [1.54, 1.807) is 19.1 Å². The molecule has 84 valence electrons. The zero-order valence-corrected chi connectivity index (χ0v) is 10.9. The molecule has 1 rings (SSSR count). The van der Waals surface area contributed by atoms with E-state index in [2.05, 4.69) is 15.9 Å². The van der Waals surface area contributed by atoms with Gasteiger partial charge in [0.15, 0.2) is 0 Å². The third kappa shape index (κ3) is 2.97. The highest BCUT2D eigenvalue weighted by Crippen LogP contribution is 2.29. The zero-order chi connectivity index (χ0) is 12.1. The summed E-state index contributed by atoms with van der Waals surface area (Å²) in [5.74, 6) is -0.390. The standard InChI is InChI=1S/C11H9BrClNO2/c1-2-16-10(15)5-8-7(6-14)3-4-9(12)11(8)13/h3-4H,2,5H2,1H3. The van der Waals surface area contributed by atoms with Crippen LogP contribution in [0.5, 0.6) is 0 Å². The van der Waals surface area contributed by atoms with Crippen LogP contribution in [0.15, 0.2) is 16.6 Å². The maximum absolute atomic E-state index is 11.3. The van der Waals surface area contributed by atoms with Crippen LogP contribution in [0.1, 0.15) is 18.1 Å². The number of benzene rings is 1. The highest BCUT2D eigenvalue weighted by Gasteiger charge is 2.14. The molecule has 0 aliphatic rings. The summed E-state index contributed by atoms with van der Waals surface area (Å²) < 4.78 is 5.48. The number of carbonyl (C=O) groups is 1. The molecule has 0 radical (unpaired) electrons. The predicted molar refractivity (Wildman–Crippen MR) is 64.2 cm³/mol. The number of hydrogen-bond acceptors (Lipinski definition) is 3. The molecule has 0 heterocycles. The molecule has 0 spiro atoms. The average molecular weight is 303 g/mol. The summed E-state index contributed by atoms with van der Waals surface area (Å²) in [5, 5.41) is 9.28. The van der Waals surface area contributed by atoms with Crippen molar-refractivity contribution in [3.8, 4) is 6.07 Å². The van der Waals surface area contributed by atoms with Crippen LogP contribution in [0.3, 0.4) is 0 Å². The third-order valence-electron chi connectivity index (χ3n) is 1.94. The molecule has 0 unspecified atom stereocenters. The fourth-order valence-electron chi connectivity index (χ4n) is 1.23. The molecule has 1 aromatic rings. The maximum atomic E-state index is 11.3. The van der Waals surface area contributed by atoms with Gasteiger partial charge in [0.2, 0.25) is 0 Å². The van der Waals surface area contributed by atoms with E-state index in [1.807, 2.05) is 6.07 Å². The second kappa shape index (κ2) is 5.88. The molecule has 3 nitrogen and oxygen atoms in total. The minimum atomic E-state index is -0.390. The van der Waals surface area contributed by atoms with Crippen LogP contribution in [0.25, 0.3) is 0 Å². The van der Waals surface area contributed by atoms with E-state index in [1.165, 1.54) is 0 Å². The smallest absolute Gasteiger partial charge is 0.310 e.